The van der Waals surface area contributed by atoms with Gasteiger partial charge >= 0.3 is 0 Å². The second kappa shape index (κ2) is 9.35. The highest BCUT2D eigenvalue weighted by Gasteiger charge is 2.20. The van der Waals surface area contributed by atoms with Crippen molar-refractivity contribution in [2.24, 2.45) is 0 Å². The maximum Gasteiger partial charge on any atom is 0.234 e. The molecule has 0 spiro atoms. The number of methoxy groups -OCH3 is 1. The predicted molar refractivity (Wildman–Crippen MR) is 116 cm³/mol. The molecule has 1 amide bonds. The standard InChI is InChI=1S/C22H26N4O2S/c1-28-19-8-4-2-6-17(19)14-23-21(27)15-25-10-12-26(13-11-25)16-22-24-18-7-3-5-9-20(18)29-22/h2-9H,10-16H2,1H3,(H,23,27). The van der Waals surface area contributed by atoms with Crippen LogP contribution in [0.5, 0.6) is 5.75 Å². The first kappa shape index (κ1) is 19.8. The van der Waals surface area contributed by atoms with E-state index in [1.54, 1.807) is 18.4 Å². The quantitative estimate of drug-likeness (QED) is 0.649. The van der Waals surface area contributed by atoms with Gasteiger partial charge in [0.2, 0.25) is 5.91 Å². The Labute approximate surface area is 175 Å². The van der Waals surface area contributed by atoms with Gasteiger partial charge in [-0.1, -0.05) is 30.3 Å². The second-order valence-electron chi connectivity index (χ2n) is 7.22. The Bertz CT molecular complexity index is 933. The lowest BCUT2D eigenvalue weighted by Crippen LogP contribution is -2.49. The van der Waals surface area contributed by atoms with Crippen LogP contribution in [-0.2, 0) is 17.9 Å². The van der Waals surface area contributed by atoms with E-state index < -0.39 is 0 Å². The molecule has 1 aliphatic heterocycles. The molecule has 7 heteroatoms. The third-order valence-corrected chi connectivity index (χ3v) is 6.22. The van der Waals surface area contributed by atoms with Crippen LogP contribution in [0.2, 0.25) is 0 Å². The molecule has 152 valence electrons. The van der Waals surface area contributed by atoms with E-state index in [-0.39, 0.29) is 5.91 Å². The average molecular weight is 411 g/mol. The van der Waals surface area contributed by atoms with Gasteiger partial charge in [0.15, 0.2) is 0 Å². The Morgan fingerprint density at radius 2 is 1.79 bits per heavy atom. The average Bonchev–Trinajstić information content (AvgIpc) is 3.16. The van der Waals surface area contributed by atoms with Crippen molar-refractivity contribution in [1.29, 1.82) is 0 Å². The number of nitrogens with one attached hydrogen (secondary N) is 1. The summed E-state index contributed by atoms with van der Waals surface area (Å²) < 4.78 is 6.58. The molecule has 29 heavy (non-hydrogen) atoms. The molecule has 6 nitrogen and oxygen atoms in total. The molecular weight excluding hydrogens is 384 g/mol. The van der Waals surface area contributed by atoms with Gasteiger partial charge in [-0.25, -0.2) is 4.98 Å². The minimum Gasteiger partial charge on any atom is -0.496 e. The predicted octanol–water partition coefficient (Wildman–Crippen LogP) is 2.74. The number of benzene rings is 2. The van der Waals surface area contributed by atoms with Crippen molar-refractivity contribution in [2.45, 2.75) is 13.1 Å². The van der Waals surface area contributed by atoms with Crippen LogP contribution in [0.3, 0.4) is 0 Å². The summed E-state index contributed by atoms with van der Waals surface area (Å²) in [6.45, 7) is 5.50. The topological polar surface area (TPSA) is 57.7 Å². The lowest BCUT2D eigenvalue weighted by atomic mass is 10.2. The number of amides is 1. The van der Waals surface area contributed by atoms with E-state index >= 15 is 0 Å². The number of rotatable bonds is 7. The Morgan fingerprint density at radius 3 is 2.59 bits per heavy atom. The van der Waals surface area contributed by atoms with Crippen molar-refractivity contribution in [2.75, 3.05) is 39.8 Å². The normalized spacial score (nSPS) is 15.5. The summed E-state index contributed by atoms with van der Waals surface area (Å²) in [6.07, 6.45) is 0. The minimum absolute atomic E-state index is 0.0514. The highest BCUT2D eigenvalue weighted by molar-refractivity contribution is 7.18. The van der Waals surface area contributed by atoms with Gasteiger partial charge in [0, 0.05) is 38.3 Å². The van der Waals surface area contributed by atoms with Crippen molar-refractivity contribution in [3.63, 3.8) is 0 Å². The number of hydrogen-bond donors (Lipinski definition) is 1. The Hall–Kier alpha value is -2.48. The SMILES string of the molecule is COc1ccccc1CNC(=O)CN1CCN(Cc2nc3ccccc3s2)CC1. The number of carbonyl (C=O) groups is 1. The van der Waals surface area contributed by atoms with Gasteiger partial charge < -0.3 is 10.1 Å². The molecule has 0 bridgehead atoms. The number of ether oxygens (including phenoxy) is 1. The van der Waals surface area contributed by atoms with Crippen LogP contribution in [0.15, 0.2) is 48.5 Å². The van der Waals surface area contributed by atoms with Crippen LogP contribution in [0, 0.1) is 0 Å². The van der Waals surface area contributed by atoms with Crippen molar-refractivity contribution in [3.8, 4) is 5.75 Å². The molecule has 2 aromatic carbocycles. The zero-order chi connectivity index (χ0) is 20.1. The molecule has 3 aromatic rings. The summed E-state index contributed by atoms with van der Waals surface area (Å²) in [5.41, 5.74) is 2.07. The number of thiazole rings is 1. The lowest BCUT2D eigenvalue weighted by Gasteiger charge is -2.33. The molecular formula is C22H26N4O2S. The molecule has 1 aromatic heterocycles. The maximum atomic E-state index is 12.3. The number of nitrogens with zero attached hydrogens (tertiary/aromatic N) is 3. The molecule has 1 aliphatic rings. The first-order valence-electron chi connectivity index (χ1n) is 9.89. The van der Waals surface area contributed by atoms with E-state index in [4.69, 9.17) is 9.72 Å². The molecule has 0 aliphatic carbocycles. The fraction of sp³-hybridized carbons (Fsp3) is 0.364. The summed E-state index contributed by atoms with van der Waals surface area (Å²) in [7, 11) is 1.65. The van der Waals surface area contributed by atoms with Crippen molar-refractivity contribution in [1.82, 2.24) is 20.1 Å². The number of aromatic nitrogens is 1. The van der Waals surface area contributed by atoms with E-state index in [9.17, 15) is 4.79 Å². The molecule has 0 radical (unpaired) electrons. The van der Waals surface area contributed by atoms with Crippen LogP contribution >= 0.6 is 11.3 Å². The zero-order valence-electron chi connectivity index (χ0n) is 16.6. The smallest absolute Gasteiger partial charge is 0.234 e. The van der Waals surface area contributed by atoms with Gasteiger partial charge in [0.1, 0.15) is 10.8 Å². The highest BCUT2D eigenvalue weighted by atomic mass is 32.1. The molecule has 4 rings (SSSR count). The Kier molecular flexibility index (Phi) is 6.39. The largest absolute Gasteiger partial charge is 0.496 e. The van der Waals surface area contributed by atoms with Crippen LogP contribution in [-0.4, -0.2) is 60.5 Å². The van der Waals surface area contributed by atoms with Crippen LogP contribution in [0.1, 0.15) is 10.6 Å². The van der Waals surface area contributed by atoms with E-state index in [0.717, 1.165) is 54.6 Å². The van der Waals surface area contributed by atoms with Crippen molar-refractivity contribution >= 4 is 27.5 Å². The molecule has 2 heterocycles. The summed E-state index contributed by atoms with van der Waals surface area (Å²) in [5, 5.41) is 4.17. The Morgan fingerprint density at radius 1 is 1.07 bits per heavy atom. The molecule has 1 fully saturated rings. The number of piperazine rings is 1. The fourth-order valence-electron chi connectivity index (χ4n) is 3.59. The van der Waals surface area contributed by atoms with Gasteiger partial charge in [-0.3, -0.25) is 14.6 Å². The van der Waals surface area contributed by atoms with Crippen molar-refractivity contribution in [3.05, 3.63) is 59.1 Å². The summed E-state index contributed by atoms with van der Waals surface area (Å²) in [5.74, 6) is 0.854. The van der Waals surface area contributed by atoms with E-state index in [1.165, 1.54) is 4.70 Å². The third-order valence-electron chi connectivity index (χ3n) is 5.20. The summed E-state index contributed by atoms with van der Waals surface area (Å²) >= 11 is 1.77. The van der Waals surface area contributed by atoms with Crippen molar-refractivity contribution < 1.29 is 9.53 Å². The summed E-state index contributed by atoms with van der Waals surface area (Å²) in [4.78, 5) is 21.7. The molecule has 0 unspecified atom stereocenters. The Balaban J connectivity index is 1.21. The lowest BCUT2D eigenvalue weighted by molar-refractivity contribution is -0.122. The second-order valence-corrected chi connectivity index (χ2v) is 8.33. The van der Waals surface area contributed by atoms with Gasteiger partial charge in [-0.2, -0.15) is 0 Å². The van der Waals surface area contributed by atoms with Crippen LogP contribution in [0.4, 0.5) is 0 Å². The zero-order valence-corrected chi connectivity index (χ0v) is 17.5. The molecule has 1 saturated heterocycles. The summed E-state index contributed by atoms with van der Waals surface area (Å²) in [6, 6.07) is 16.0. The fourth-order valence-corrected chi connectivity index (χ4v) is 4.60. The van der Waals surface area contributed by atoms with Gasteiger partial charge in [-0.05, 0) is 18.2 Å². The molecule has 1 N–H and O–H groups in total. The minimum atomic E-state index is 0.0514. The van der Waals surface area contributed by atoms with Crippen LogP contribution < -0.4 is 10.1 Å². The van der Waals surface area contributed by atoms with Gasteiger partial charge in [-0.15, -0.1) is 11.3 Å². The molecule has 0 saturated carbocycles. The van der Waals surface area contributed by atoms with E-state index in [0.29, 0.717) is 13.1 Å². The number of fused-ring (bicyclic) bond motifs is 1. The van der Waals surface area contributed by atoms with E-state index in [2.05, 4.69) is 33.3 Å². The number of para-hydroxylation sites is 2. The van der Waals surface area contributed by atoms with Gasteiger partial charge in [0.05, 0.1) is 30.4 Å². The molecule has 0 atom stereocenters. The third kappa shape index (κ3) is 5.12. The number of hydrogen-bond acceptors (Lipinski definition) is 6. The number of carbonyl (C=O) groups excluding carboxylic acids is 1. The van der Waals surface area contributed by atoms with E-state index in [1.807, 2.05) is 30.3 Å². The monoisotopic (exact) mass is 410 g/mol. The van der Waals surface area contributed by atoms with Crippen LogP contribution in [0.25, 0.3) is 10.2 Å². The maximum absolute atomic E-state index is 12.3. The first-order chi connectivity index (χ1) is 14.2. The first-order valence-corrected chi connectivity index (χ1v) is 10.7. The highest BCUT2D eigenvalue weighted by Crippen LogP contribution is 2.23. The van der Waals surface area contributed by atoms with Gasteiger partial charge in [0.25, 0.3) is 0 Å².